The lowest BCUT2D eigenvalue weighted by molar-refractivity contribution is -0.123. The maximum absolute atomic E-state index is 11.8. The van der Waals surface area contributed by atoms with E-state index in [9.17, 15) is 4.79 Å². The van der Waals surface area contributed by atoms with Gasteiger partial charge in [-0.3, -0.25) is 14.5 Å². The van der Waals surface area contributed by atoms with Gasteiger partial charge in [0.2, 0.25) is 11.0 Å². The predicted molar refractivity (Wildman–Crippen MR) is 83.4 cm³/mol. The van der Waals surface area contributed by atoms with Crippen molar-refractivity contribution >= 4 is 28.8 Å². The molecule has 1 aliphatic rings. The molecule has 2 heterocycles. The minimum absolute atomic E-state index is 0.0262. The molecule has 124 valence electrons. The molecule has 1 amide bonds. The summed E-state index contributed by atoms with van der Waals surface area (Å²) in [5.41, 5.74) is 5.48. The molecule has 0 aromatic carbocycles. The van der Waals surface area contributed by atoms with Gasteiger partial charge < -0.3 is 21.1 Å². The summed E-state index contributed by atoms with van der Waals surface area (Å²) in [6.07, 6.45) is 1.11. The summed E-state index contributed by atoms with van der Waals surface area (Å²) >= 11 is 1.30. The van der Waals surface area contributed by atoms with Gasteiger partial charge in [-0.25, -0.2) is 0 Å². The highest BCUT2D eigenvalue weighted by molar-refractivity contribution is 7.15. The average molecular weight is 330 g/mol. The number of carbonyl (C=O) groups is 2. The molecule has 0 atom stereocenters. The molecule has 0 radical (unpaired) electrons. The molecule has 1 fully saturated rings. The first-order valence-corrected chi connectivity index (χ1v) is 7.70. The van der Waals surface area contributed by atoms with Gasteiger partial charge in [0, 0.05) is 13.1 Å². The summed E-state index contributed by atoms with van der Waals surface area (Å²) in [6, 6.07) is 0. The van der Waals surface area contributed by atoms with Crippen molar-refractivity contribution in [2.24, 2.45) is 0 Å². The molecule has 1 aromatic heterocycles. The average Bonchev–Trinajstić information content (AvgIpc) is 2.78. The molecule has 22 heavy (non-hydrogen) atoms. The zero-order valence-electron chi connectivity index (χ0n) is 12.6. The molecule has 2 rings (SSSR count). The number of likely N-dealkylation sites (N-methyl/N-ethyl adjacent to an activating group) is 1. The van der Waals surface area contributed by atoms with Crippen LogP contribution in [-0.4, -0.2) is 77.3 Å². The Morgan fingerprint density at radius 2 is 2.14 bits per heavy atom. The van der Waals surface area contributed by atoms with E-state index in [0.29, 0.717) is 18.2 Å². The monoisotopic (exact) mass is 330 g/mol. The maximum atomic E-state index is 11.8. The third-order valence-corrected chi connectivity index (χ3v) is 3.85. The second-order valence-electron chi connectivity index (χ2n) is 4.85. The second-order valence-corrected chi connectivity index (χ2v) is 5.94. The van der Waals surface area contributed by atoms with Crippen LogP contribution < -0.4 is 11.1 Å². The van der Waals surface area contributed by atoms with E-state index in [1.807, 2.05) is 0 Å². The highest BCUT2D eigenvalue weighted by Crippen LogP contribution is 2.10. The molecule has 1 saturated heterocycles. The van der Waals surface area contributed by atoms with E-state index in [1.54, 1.807) is 0 Å². The molecule has 1 aliphatic heterocycles. The van der Waals surface area contributed by atoms with Crippen molar-refractivity contribution in [3.8, 4) is 0 Å². The number of amides is 1. The predicted octanol–water partition coefficient (Wildman–Crippen LogP) is -0.925. The van der Waals surface area contributed by atoms with Gasteiger partial charge >= 0.3 is 0 Å². The number of hydrogen-bond acceptors (Lipinski definition) is 8. The minimum Gasteiger partial charge on any atom is -0.483 e. The van der Waals surface area contributed by atoms with Gasteiger partial charge in [0.15, 0.2) is 0 Å². The lowest BCUT2D eigenvalue weighted by Crippen LogP contribution is -2.38. The van der Waals surface area contributed by atoms with Gasteiger partial charge in [-0.15, -0.1) is 10.2 Å². The van der Waals surface area contributed by atoms with E-state index in [0.717, 1.165) is 37.6 Å². The van der Waals surface area contributed by atoms with E-state index >= 15 is 0 Å². The highest BCUT2D eigenvalue weighted by Gasteiger charge is 2.15. The Morgan fingerprint density at radius 3 is 2.77 bits per heavy atom. The van der Waals surface area contributed by atoms with Gasteiger partial charge in [0.05, 0.1) is 13.1 Å². The molecule has 0 saturated carbocycles. The Morgan fingerprint density at radius 1 is 1.41 bits per heavy atom. The molecule has 4 N–H and O–H groups in total. The number of nitrogens with two attached hydrogens (primary N) is 1. The van der Waals surface area contributed by atoms with Crippen LogP contribution >= 0.6 is 11.3 Å². The lowest BCUT2D eigenvalue weighted by atomic mass is 10.4. The van der Waals surface area contributed by atoms with E-state index in [2.05, 4.69) is 32.4 Å². The fourth-order valence-electron chi connectivity index (χ4n) is 2.03. The smallest absolute Gasteiger partial charge is 0.290 e. The van der Waals surface area contributed by atoms with Crippen molar-refractivity contribution in [3.05, 3.63) is 5.01 Å². The van der Waals surface area contributed by atoms with E-state index in [-0.39, 0.29) is 12.4 Å². The lowest BCUT2D eigenvalue weighted by Gasteiger charge is -2.19. The van der Waals surface area contributed by atoms with E-state index < -0.39 is 0 Å². The summed E-state index contributed by atoms with van der Waals surface area (Å²) in [7, 11) is 2.11. The van der Waals surface area contributed by atoms with Crippen LogP contribution in [0.1, 0.15) is 11.4 Å². The van der Waals surface area contributed by atoms with Crippen LogP contribution in [0.3, 0.4) is 0 Å². The molecule has 0 unspecified atom stereocenters. The van der Waals surface area contributed by atoms with Crippen LogP contribution in [0.15, 0.2) is 0 Å². The van der Waals surface area contributed by atoms with Gasteiger partial charge in [0.25, 0.3) is 6.47 Å². The first kappa shape index (κ1) is 18.3. The standard InChI is InChI=1S/C11H20N6OS.CH2O2/c1-16-3-2-4-17(6-5-16)8-9(18)13-7-10-14-15-11(12)19-10;2-1-3/h2-8H2,1H3,(H2,12,15)(H,13,18);1H,(H,2,3). The molecule has 0 aliphatic carbocycles. The number of carboxylic acid groups (broad SMARTS) is 1. The Hall–Kier alpha value is -1.78. The molecule has 10 heteroatoms. The van der Waals surface area contributed by atoms with Crippen LogP contribution in [0.5, 0.6) is 0 Å². The van der Waals surface area contributed by atoms with Gasteiger partial charge in [-0.2, -0.15) is 0 Å². The Kier molecular flexibility index (Phi) is 8.33. The largest absolute Gasteiger partial charge is 0.483 e. The number of anilines is 1. The second kappa shape index (κ2) is 10.0. The zero-order valence-corrected chi connectivity index (χ0v) is 13.4. The molecule has 1 aromatic rings. The first-order valence-electron chi connectivity index (χ1n) is 6.88. The zero-order chi connectivity index (χ0) is 16.4. The Balaban J connectivity index is 0.000000745. The Labute approximate surface area is 133 Å². The van der Waals surface area contributed by atoms with E-state index in [1.165, 1.54) is 11.3 Å². The molecule has 0 spiro atoms. The number of aromatic nitrogens is 2. The minimum atomic E-state index is -0.250. The van der Waals surface area contributed by atoms with Crippen LogP contribution in [0.2, 0.25) is 0 Å². The summed E-state index contributed by atoms with van der Waals surface area (Å²) in [6.45, 7) is 4.63. The normalized spacial score (nSPS) is 16.2. The summed E-state index contributed by atoms with van der Waals surface area (Å²) in [5, 5.41) is 18.5. The number of rotatable bonds is 4. The van der Waals surface area contributed by atoms with Crippen molar-refractivity contribution in [1.29, 1.82) is 0 Å². The summed E-state index contributed by atoms with van der Waals surface area (Å²) in [4.78, 5) is 24.7. The number of carbonyl (C=O) groups excluding carboxylic acids is 1. The molecular formula is C12H22N6O3S. The molecular weight excluding hydrogens is 308 g/mol. The SMILES string of the molecule is CN1CCCN(CC(=O)NCc2nnc(N)s2)CC1.O=CO. The Bertz CT molecular complexity index is 469. The fourth-order valence-corrected chi connectivity index (χ4v) is 2.58. The molecule has 9 nitrogen and oxygen atoms in total. The van der Waals surface area contributed by atoms with Crippen molar-refractivity contribution in [3.63, 3.8) is 0 Å². The summed E-state index contributed by atoms with van der Waals surface area (Å²) < 4.78 is 0. The van der Waals surface area contributed by atoms with Crippen LogP contribution in [0, 0.1) is 0 Å². The van der Waals surface area contributed by atoms with Gasteiger partial charge in [-0.1, -0.05) is 11.3 Å². The number of hydrogen-bond donors (Lipinski definition) is 3. The van der Waals surface area contributed by atoms with Crippen molar-refractivity contribution in [2.45, 2.75) is 13.0 Å². The topological polar surface area (TPSA) is 125 Å². The van der Waals surface area contributed by atoms with Crippen molar-refractivity contribution in [2.75, 3.05) is 45.5 Å². The van der Waals surface area contributed by atoms with Crippen LogP contribution in [0.25, 0.3) is 0 Å². The van der Waals surface area contributed by atoms with E-state index in [4.69, 9.17) is 15.6 Å². The highest BCUT2D eigenvalue weighted by atomic mass is 32.1. The third kappa shape index (κ3) is 7.29. The third-order valence-electron chi connectivity index (χ3n) is 3.10. The number of nitrogens with one attached hydrogen (secondary N) is 1. The van der Waals surface area contributed by atoms with Crippen molar-refractivity contribution < 1.29 is 14.7 Å². The van der Waals surface area contributed by atoms with Crippen LogP contribution in [0.4, 0.5) is 5.13 Å². The van der Waals surface area contributed by atoms with Crippen LogP contribution in [-0.2, 0) is 16.1 Å². The number of nitrogens with zero attached hydrogens (tertiary/aromatic N) is 4. The first-order chi connectivity index (χ1) is 10.5. The summed E-state index contributed by atoms with van der Waals surface area (Å²) in [5.74, 6) is 0.0262. The van der Waals surface area contributed by atoms with Gasteiger partial charge in [-0.05, 0) is 26.6 Å². The number of nitrogen functional groups attached to an aromatic ring is 1. The molecule has 0 bridgehead atoms. The fraction of sp³-hybridized carbons (Fsp3) is 0.667. The van der Waals surface area contributed by atoms with Crippen molar-refractivity contribution in [1.82, 2.24) is 25.3 Å². The van der Waals surface area contributed by atoms with Gasteiger partial charge in [0.1, 0.15) is 5.01 Å². The maximum Gasteiger partial charge on any atom is 0.290 e. The quantitative estimate of drug-likeness (QED) is 0.605.